The lowest BCUT2D eigenvalue weighted by Crippen LogP contribution is -2.09. The number of fused-ring (bicyclic) bond motifs is 7. The second kappa shape index (κ2) is 11.7. The minimum Gasteiger partial charge on any atom is -0.354 e. The molecule has 0 bridgehead atoms. The first-order valence-corrected chi connectivity index (χ1v) is 18.2. The lowest BCUT2D eigenvalue weighted by atomic mass is 9.86. The lowest BCUT2D eigenvalue weighted by Gasteiger charge is -2.25. The molecule has 0 radical (unpaired) electrons. The van der Waals surface area contributed by atoms with Crippen LogP contribution in [0.3, 0.4) is 0 Å². The zero-order valence-electron chi connectivity index (χ0n) is 28.9. The molecule has 0 aliphatic carbocycles. The zero-order chi connectivity index (χ0) is 34.9. The standard InChI is InChI=1S/C50H33N3/c1-4-16-35(17-5-1)52(36-18-6-2-7-19-36)38-27-29-48-44(31-38)43-30-34(26-28-47(43)53(48)37-20-8-3-9-21-37)42-32-46-50(40-23-11-10-22-39(40)42)41-24-12-14-33-15-13-25-45(51-46)49(33)41/h1-32,51H. The van der Waals surface area contributed by atoms with E-state index in [9.17, 15) is 0 Å². The van der Waals surface area contributed by atoms with Gasteiger partial charge in [-0.05, 0) is 112 Å². The predicted molar refractivity (Wildman–Crippen MR) is 225 cm³/mol. The molecule has 0 saturated heterocycles. The van der Waals surface area contributed by atoms with E-state index in [2.05, 4.69) is 209 Å². The van der Waals surface area contributed by atoms with E-state index in [-0.39, 0.29) is 0 Å². The monoisotopic (exact) mass is 675 g/mol. The van der Waals surface area contributed by atoms with Gasteiger partial charge in [-0.2, -0.15) is 0 Å². The zero-order valence-corrected chi connectivity index (χ0v) is 28.9. The van der Waals surface area contributed by atoms with Gasteiger partial charge in [-0.15, -0.1) is 0 Å². The second-order valence-electron chi connectivity index (χ2n) is 13.8. The number of anilines is 5. The average Bonchev–Trinajstić information content (AvgIpc) is 3.55. The summed E-state index contributed by atoms with van der Waals surface area (Å²) in [7, 11) is 0. The Morgan fingerprint density at radius 3 is 1.75 bits per heavy atom. The fourth-order valence-corrected chi connectivity index (χ4v) is 8.58. The quantitative estimate of drug-likeness (QED) is 0.196. The van der Waals surface area contributed by atoms with Gasteiger partial charge < -0.3 is 14.8 Å². The van der Waals surface area contributed by atoms with Crippen LogP contribution in [-0.4, -0.2) is 4.57 Å². The van der Waals surface area contributed by atoms with Gasteiger partial charge in [0.1, 0.15) is 0 Å². The summed E-state index contributed by atoms with van der Waals surface area (Å²) in [5.41, 5.74) is 14.1. The number of benzene rings is 9. The minimum absolute atomic E-state index is 1.11. The number of hydrogen-bond donors (Lipinski definition) is 1. The van der Waals surface area contributed by atoms with E-state index in [1.165, 1.54) is 65.6 Å². The summed E-state index contributed by atoms with van der Waals surface area (Å²) >= 11 is 0. The minimum atomic E-state index is 1.11. The molecule has 1 N–H and O–H groups in total. The van der Waals surface area contributed by atoms with Gasteiger partial charge in [0.15, 0.2) is 0 Å². The van der Waals surface area contributed by atoms with Crippen LogP contribution in [0.4, 0.5) is 28.4 Å². The van der Waals surface area contributed by atoms with E-state index in [0.29, 0.717) is 0 Å². The van der Waals surface area contributed by atoms with Gasteiger partial charge in [0.05, 0.1) is 11.0 Å². The van der Waals surface area contributed by atoms with Crippen molar-refractivity contribution in [2.45, 2.75) is 0 Å². The molecule has 0 unspecified atom stereocenters. The second-order valence-corrected chi connectivity index (χ2v) is 13.8. The SMILES string of the molecule is c1ccc(N(c2ccccc2)c2ccc3c(c2)c2cc(-c4cc5c(c6ccccc46)-c4cccc6cccc(c46)N5)ccc2n3-c2ccccc2)cc1. The van der Waals surface area contributed by atoms with Crippen LogP contribution in [0.25, 0.3) is 71.3 Å². The van der Waals surface area contributed by atoms with E-state index < -0.39 is 0 Å². The third-order valence-corrected chi connectivity index (χ3v) is 10.8. The highest BCUT2D eigenvalue weighted by molar-refractivity contribution is 6.20. The van der Waals surface area contributed by atoms with Crippen molar-refractivity contribution < 1.29 is 0 Å². The topological polar surface area (TPSA) is 20.2 Å². The van der Waals surface area contributed by atoms with Crippen LogP contribution in [0, 0.1) is 0 Å². The summed E-state index contributed by atoms with van der Waals surface area (Å²) in [5, 5.41) is 11.3. The molecule has 1 aliphatic heterocycles. The third kappa shape index (κ3) is 4.61. The molecule has 3 nitrogen and oxygen atoms in total. The maximum Gasteiger partial charge on any atom is 0.0542 e. The first kappa shape index (κ1) is 29.6. The highest BCUT2D eigenvalue weighted by Crippen LogP contribution is 2.50. The summed E-state index contributed by atoms with van der Waals surface area (Å²) in [6.45, 7) is 0. The molecule has 53 heavy (non-hydrogen) atoms. The molecule has 0 spiro atoms. The number of nitrogens with one attached hydrogen (secondary N) is 1. The van der Waals surface area contributed by atoms with Crippen LogP contribution in [0.1, 0.15) is 0 Å². The Morgan fingerprint density at radius 1 is 0.396 bits per heavy atom. The molecular weight excluding hydrogens is 643 g/mol. The van der Waals surface area contributed by atoms with Crippen molar-refractivity contribution in [1.82, 2.24) is 4.57 Å². The van der Waals surface area contributed by atoms with Crippen LogP contribution in [0.15, 0.2) is 194 Å². The van der Waals surface area contributed by atoms with Crippen molar-refractivity contribution in [3.05, 3.63) is 194 Å². The van der Waals surface area contributed by atoms with Crippen molar-refractivity contribution in [2.24, 2.45) is 0 Å². The van der Waals surface area contributed by atoms with Crippen LogP contribution in [0.2, 0.25) is 0 Å². The number of hydrogen-bond acceptors (Lipinski definition) is 2. The molecule has 0 amide bonds. The molecule has 1 aliphatic rings. The van der Waals surface area contributed by atoms with Gasteiger partial charge in [-0.3, -0.25) is 0 Å². The Balaban J connectivity index is 1.17. The predicted octanol–water partition coefficient (Wildman–Crippen LogP) is 14.0. The molecular formula is C50H33N3. The van der Waals surface area contributed by atoms with Crippen LogP contribution < -0.4 is 10.2 Å². The Bertz CT molecular complexity index is 2970. The Hall–Kier alpha value is -7.10. The van der Waals surface area contributed by atoms with E-state index in [0.717, 1.165) is 34.1 Å². The van der Waals surface area contributed by atoms with Gasteiger partial charge >= 0.3 is 0 Å². The highest BCUT2D eigenvalue weighted by Gasteiger charge is 2.23. The molecule has 2 heterocycles. The maximum atomic E-state index is 3.84. The molecule has 1 aromatic heterocycles. The van der Waals surface area contributed by atoms with Crippen molar-refractivity contribution in [1.29, 1.82) is 0 Å². The van der Waals surface area contributed by atoms with Gasteiger partial charge in [0.2, 0.25) is 0 Å². The Kier molecular flexibility index (Phi) is 6.55. The number of nitrogens with zero attached hydrogens (tertiary/aromatic N) is 2. The van der Waals surface area contributed by atoms with Crippen molar-refractivity contribution in [3.8, 4) is 27.9 Å². The van der Waals surface area contributed by atoms with E-state index in [4.69, 9.17) is 0 Å². The van der Waals surface area contributed by atoms with E-state index in [1.54, 1.807) is 0 Å². The van der Waals surface area contributed by atoms with Crippen molar-refractivity contribution in [3.63, 3.8) is 0 Å². The van der Waals surface area contributed by atoms with Crippen molar-refractivity contribution >= 4 is 71.8 Å². The molecule has 248 valence electrons. The third-order valence-electron chi connectivity index (χ3n) is 10.8. The molecule has 11 rings (SSSR count). The molecule has 0 atom stereocenters. The average molecular weight is 676 g/mol. The molecule has 0 saturated carbocycles. The lowest BCUT2D eigenvalue weighted by molar-refractivity contribution is 1.18. The molecule has 3 heteroatoms. The van der Waals surface area contributed by atoms with Crippen LogP contribution in [-0.2, 0) is 0 Å². The first-order valence-electron chi connectivity index (χ1n) is 18.2. The summed E-state index contributed by atoms with van der Waals surface area (Å²) in [6, 6.07) is 70.3. The smallest absolute Gasteiger partial charge is 0.0542 e. The van der Waals surface area contributed by atoms with Crippen LogP contribution in [0.5, 0.6) is 0 Å². The van der Waals surface area contributed by atoms with E-state index in [1.807, 2.05) is 0 Å². The molecule has 0 fully saturated rings. The first-order chi connectivity index (χ1) is 26.3. The number of rotatable bonds is 5. The van der Waals surface area contributed by atoms with E-state index >= 15 is 0 Å². The van der Waals surface area contributed by atoms with Crippen molar-refractivity contribution in [2.75, 3.05) is 10.2 Å². The van der Waals surface area contributed by atoms with Gasteiger partial charge in [-0.1, -0.05) is 115 Å². The Morgan fingerprint density at radius 2 is 1.02 bits per heavy atom. The summed E-state index contributed by atoms with van der Waals surface area (Å²) in [5.74, 6) is 0. The fourth-order valence-electron chi connectivity index (χ4n) is 8.58. The molecule has 9 aromatic carbocycles. The summed E-state index contributed by atoms with van der Waals surface area (Å²) in [4.78, 5) is 2.34. The Labute approximate surface area is 307 Å². The molecule has 10 aromatic rings. The van der Waals surface area contributed by atoms with Gasteiger partial charge in [0.25, 0.3) is 0 Å². The fraction of sp³-hybridized carbons (Fsp3) is 0. The largest absolute Gasteiger partial charge is 0.354 e. The number of para-hydroxylation sites is 3. The summed E-state index contributed by atoms with van der Waals surface area (Å²) in [6.07, 6.45) is 0. The van der Waals surface area contributed by atoms with Gasteiger partial charge in [-0.25, -0.2) is 0 Å². The number of aromatic nitrogens is 1. The summed E-state index contributed by atoms with van der Waals surface area (Å²) < 4.78 is 2.40. The van der Waals surface area contributed by atoms with Crippen LogP contribution >= 0.6 is 0 Å². The highest BCUT2D eigenvalue weighted by atomic mass is 15.1. The van der Waals surface area contributed by atoms with Gasteiger partial charge in [0, 0.05) is 55.8 Å². The normalized spacial score (nSPS) is 11.9. The maximum absolute atomic E-state index is 3.84.